The van der Waals surface area contributed by atoms with Gasteiger partial charge in [-0.1, -0.05) is 11.8 Å². The maximum absolute atomic E-state index is 11.7. The van der Waals surface area contributed by atoms with Crippen molar-refractivity contribution in [3.05, 3.63) is 29.1 Å². The van der Waals surface area contributed by atoms with Crippen LogP contribution in [0.3, 0.4) is 0 Å². The van der Waals surface area contributed by atoms with Gasteiger partial charge in [0.1, 0.15) is 19.0 Å². The number of halogens is 1. The molecule has 0 radical (unpaired) electrons. The summed E-state index contributed by atoms with van der Waals surface area (Å²) in [5.74, 6) is 4.32. The number of aryl methyl sites for hydroxylation is 1. The van der Waals surface area contributed by atoms with Crippen molar-refractivity contribution in [2.45, 2.75) is 6.92 Å². The van der Waals surface area contributed by atoms with E-state index < -0.39 is 12.6 Å². The van der Waals surface area contributed by atoms with E-state index in [0.29, 0.717) is 11.3 Å². The highest BCUT2D eigenvalue weighted by Gasteiger charge is 2.05. The molecule has 0 atom stereocenters. The lowest BCUT2D eigenvalue weighted by Crippen LogP contribution is -2.02. The SMILES string of the molecule is Cc1cc(C#CCOCCF)cc(C(=O)O)n1. The summed E-state index contributed by atoms with van der Waals surface area (Å²) >= 11 is 0. The minimum atomic E-state index is -1.09. The molecule has 0 aliphatic rings. The van der Waals surface area contributed by atoms with E-state index in [4.69, 9.17) is 9.84 Å². The highest BCUT2D eigenvalue weighted by molar-refractivity contribution is 5.85. The first-order chi connectivity index (χ1) is 8.13. The zero-order valence-corrected chi connectivity index (χ0v) is 9.36. The summed E-state index contributed by atoms with van der Waals surface area (Å²) in [5, 5.41) is 8.80. The van der Waals surface area contributed by atoms with Crippen molar-refractivity contribution in [1.29, 1.82) is 0 Å². The molecule has 0 aromatic carbocycles. The molecule has 0 saturated carbocycles. The lowest BCUT2D eigenvalue weighted by molar-refractivity contribution is 0.0690. The number of aromatic carboxylic acids is 1. The van der Waals surface area contributed by atoms with Crippen LogP contribution < -0.4 is 0 Å². The van der Waals surface area contributed by atoms with Crippen LogP contribution in [0.4, 0.5) is 4.39 Å². The van der Waals surface area contributed by atoms with Crippen LogP contribution in [0.25, 0.3) is 0 Å². The van der Waals surface area contributed by atoms with Gasteiger partial charge in [-0.3, -0.25) is 0 Å². The van der Waals surface area contributed by atoms with E-state index in [1.54, 1.807) is 13.0 Å². The monoisotopic (exact) mass is 237 g/mol. The molecular formula is C12H12FNO3. The van der Waals surface area contributed by atoms with Crippen molar-refractivity contribution in [3.8, 4) is 11.8 Å². The Morgan fingerprint density at radius 3 is 3.00 bits per heavy atom. The molecular weight excluding hydrogens is 225 g/mol. The standard InChI is InChI=1S/C12H12FNO3/c1-9-7-10(3-2-5-17-6-4-13)8-11(14-9)12(15)16/h7-8H,4-6H2,1H3,(H,15,16). The van der Waals surface area contributed by atoms with Crippen LogP contribution in [0.2, 0.25) is 0 Å². The van der Waals surface area contributed by atoms with Crippen LogP contribution in [0.1, 0.15) is 21.7 Å². The summed E-state index contributed by atoms with van der Waals surface area (Å²) < 4.78 is 16.5. The van der Waals surface area contributed by atoms with E-state index in [-0.39, 0.29) is 18.9 Å². The second kappa shape index (κ2) is 6.61. The first-order valence-corrected chi connectivity index (χ1v) is 4.98. The quantitative estimate of drug-likeness (QED) is 0.635. The zero-order chi connectivity index (χ0) is 12.7. The molecule has 1 rings (SSSR count). The normalized spacial score (nSPS) is 9.53. The summed E-state index contributed by atoms with van der Waals surface area (Å²) in [6.07, 6.45) is 0. The van der Waals surface area contributed by atoms with Crippen molar-refractivity contribution < 1.29 is 19.0 Å². The fraction of sp³-hybridized carbons (Fsp3) is 0.333. The molecule has 0 bridgehead atoms. The van der Waals surface area contributed by atoms with Crippen molar-refractivity contribution in [2.24, 2.45) is 0 Å². The maximum Gasteiger partial charge on any atom is 0.354 e. The second-order valence-electron chi connectivity index (χ2n) is 3.23. The van der Waals surface area contributed by atoms with Crippen molar-refractivity contribution in [1.82, 2.24) is 4.98 Å². The smallest absolute Gasteiger partial charge is 0.354 e. The molecule has 0 aliphatic heterocycles. The predicted molar refractivity (Wildman–Crippen MR) is 59.6 cm³/mol. The van der Waals surface area contributed by atoms with Crippen LogP contribution in [0.15, 0.2) is 12.1 Å². The Morgan fingerprint density at radius 1 is 1.59 bits per heavy atom. The lowest BCUT2D eigenvalue weighted by atomic mass is 10.2. The van der Waals surface area contributed by atoms with Crippen LogP contribution in [0, 0.1) is 18.8 Å². The molecule has 1 heterocycles. The number of aromatic nitrogens is 1. The van der Waals surface area contributed by atoms with E-state index in [2.05, 4.69) is 16.8 Å². The third-order valence-electron chi connectivity index (χ3n) is 1.80. The summed E-state index contributed by atoms with van der Waals surface area (Å²) in [4.78, 5) is 14.6. The van der Waals surface area contributed by atoms with Crippen molar-refractivity contribution in [3.63, 3.8) is 0 Å². The maximum atomic E-state index is 11.7. The first kappa shape index (κ1) is 13.1. The Balaban J connectivity index is 2.73. The number of carboxylic acids is 1. The van der Waals surface area contributed by atoms with Gasteiger partial charge in [0, 0.05) is 11.3 Å². The van der Waals surface area contributed by atoms with Crippen LogP contribution in [-0.2, 0) is 4.74 Å². The van der Waals surface area contributed by atoms with Gasteiger partial charge in [-0.15, -0.1) is 0 Å². The summed E-state index contributed by atoms with van der Waals surface area (Å²) in [6, 6.07) is 3.06. The van der Waals surface area contributed by atoms with Gasteiger partial charge < -0.3 is 9.84 Å². The molecule has 1 aromatic heterocycles. The van der Waals surface area contributed by atoms with E-state index in [9.17, 15) is 9.18 Å². The summed E-state index contributed by atoms with van der Waals surface area (Å²) in [7, 11) is 0. The fourth-order valence-corrected chi connectivity index (χ4v) is 1.17. The molecule has 0 spiro atoms. The molecule has 1 N–H and O–H groups in total. The van der Waals surface area contributed by atoms with Crippen LogP contribution >= 0.6 is 0 Å². The van der Waals surface area contributed by atoms with Crippen LogP contribution in [-0.4, -0.2) is 35.9 Å². The van der Waals surface area contributed by atoms with Gasteiger partial charge in [0.25, 0.3) is 0 Å². The number of hydrogen-bond acceptors (Lipinski definition) is 3. The summed E-state index contributed by atoms with van der Waals surface area (Å²) in [6.45, 7) is 1.29. The largest absolute Gasteiger partial charge is 0.477 e. The van der Waals surface area contributed by atoms with Gasteiger partial charge in [-0.25, -0.2) is 14.2 Å². The molecule has 4 nitrogen and oxygen atoms in total. The van der Waals surface area contributed by atoms with Gasteiger partial charge in [0.2, 0.25) is 0 Å². The van der Waals surface area contributed by atoms with E-state index in [1.807, 2.05) is 0 Å². The lowest BCUT2D eigenvalue weighted by Gasteiger charge is -1.98. The number of alkyl halides is 1. The Hall–Kier alpha value is -1.93. The van der Waals surface area contributed by atoms with Crippen molar-refractivity contribution >= 4 is 5.97 Å². The Labute approximate surface area is 98.4 Å². The molecule has 1 aromatic rings. The van der Waals surface area contributed by atoms with E-state index >= 15 is 0 Å². The molecule has 0 saturated heterocycles. The van der Waals surface area contributed by atoms with Gasteiger partial charge in [0.05, 0.1) is 6.61 Å². The van der Waals surface area contributed by atoms with Gasteiger partial charge >= 0.3 is 5.97 Å². The fourth-order valence-electron chi connectivity index (χ4n) is 1.17. The molecule has 90 valence electrons. The van der Waals surface area contributed by atoms with Gasteiger partial charge in [0.15, 0.2) is 0 Å². The predicted octanol–water partition coefficient (Wildman–Crippen LogP) is 1.43. The zero-order valence-electron chi connectivity index (χ0n) is 9.36. The van der Waals surface area contributed by atoms with E-state index in [1.165, 1.54) is 6.07 Å². The first-order valence-electron chi connectivity index (χ1n) is 4.98. The highest BCUT2D eigenvalue weighted by atomic mass is 19.1. The molecule has 0 aliphatic carbocycles. The van der Waals surface area contributed by atoms with Gasteiger partial charge in [-0.05, 0) is 19.1 Å². The molecule has 5 heteroatoms. The molecule has 0 unspecified atom stereocenters. The number of nitrogens with zero attached hydrogens (tertiary/aromatic N) is 1. The molecule has 17 heavy (non-hydrogen) atoms. The third kappa shape index (κ3) is 4.62. The highest BCUT2D eigenvalue weighted by Crippen LogP contribution is 2.04. The Morgan fingerprint density at radius 2 is 2.35 bits per heavy atom. The molecule has 0 fully saturated rings. The second-order valence-corrected chi connectivity index (χ2v) is 3.23. The molecule has 0 amide bonds. The number of pyridine rings is 1. The Bertz CT molecular complexity index is 463. The summed E-state index contributed by atoms with van der Waals surface area (Å²) in [5.41, 5.74) is 1.09. The number of carboxylic acid groups (broad SMARTS) is 1. The van der Waals surface area contributed by atoms with Crippen LogP contribution in [0.5, 0.6) is 0 Å². The Kier molecular flexibility index (Phi) is 5.11. The number of ether oxygens (including phenoxy) is 1. The number of hydrogen-bond donors (Lipinski definition) is 1. The van der Waals surface area contributed by atoms with Gasteiger partial charge in [-0.2, -0.15) is 0 Å². The minimum absolute atomic E-state index is 0.0183. The number of rotatable bonds is 4. The van der Waals surface area contributed by atoms with Crippen molar-refractivity contribution in [2.75, 3.05) is 19.9 Å². The number of carbonyl (C=O) groups is 1. The minimum Gasteiger partial charge on any atom is -0.477 e. The topological polar surface area (TPSA) is 59.4 Å². The van der Waals surface area contributed by atoms with E-state index in [0.717, 1.165) is 0 Å². The average molecular weight is 237 g/mol. The average Bonchev–Trinajstić information content (AvgIpc) is 2.28. The third-order valence-corrected chi connectivity index (χ3v) is 1.80.